The van der Waals surface area contributed by atoms with E-state index in [2.05, 4.69) is 173 Å². The molecule has 0 amide bonds. The molecule has 0 spiro atoms. The van der Waals surface area contributed by atoms with Gasteiger partial charge in [0.05, 0.1) is 16.6 Å². The largest absolute Gasteiger partial charge is 0.455 e. The molecule has 0 aliphatic heterocycles. The maximum Gasteiger partial charge on any atom is 0.143 e. The van der Waals surface area contributed by atoms with Crippen molar-refractivity contribution in [1.82, 2.24) is 14.1 Å². The highest BCUT2D eigenvalue weighted by Gasteiger charge is 2.17. The van der Waals surface area contributed by atoms with Crippen LogP contribution in [0.15, 0.2) is 193 Å². The zero-order valence-electron chi connectivity index (χ0n) is 28.6. The molecule has 11 aromatic rings. The number of hydrogen-bond donors (Lipinski definition) is 0. The first-order valence-electron chi connectivity index (χ1n) is 18.0. The van der Waals surface area contributed by atoms with Crippen LogP contribution in [0.1, 0.15) is 0 Å². The van der Waals surface area contributed by atoms with Crippen LogP contribution in [-0.4, -0.2) is 14.1 Å². The van der Waals surface area contributed by atoms with Crippen molar-refractivity contribution in [1.29, 1.82) is 0 Å². The van der Waals surface area contributed by atoms with Gasteiger partial charge in [0.25, 0.3) is 0 Å². The molecule has 4 heteroatoms. The summed E-state index contributed by atoms with van der Waals surface area (Å²) in [5, 5.41) is 10.2. The molecule has 0 unspecified atom stereocenters. The van der Waals surface area contributed by atoms with Gasteiger partial charge < -0.3 is 13.6 Å². The van der Waals surface area contributed by atoms with E-state index in [0.29, 0.717) is 0 Å². The minimum atomic E-state index is 0.899. The normalized spacial score (nSPS) is 11.8. The van der Waals surface area contributed by atoms with Crippen LogP contribution in [0.2, 0.25) is 0 Å². The fraction of sp³-hybridized carbons (Fsp3) is 0. The zero-order chi connectivity index (χ0) is 34.9. The lowest BCUT2D eigenvalue weighted by Crippen LogP contribution is -2.05. The number of para-hydroxylation sites is 4. The first kappa shape index (κ1) is 29.5. The number of fused-ring (bicyclic) bond motifs is 12. The Morgan fingerprint density at radius 3 is 1.70 bits per heavy atom. The molecule has 0 radical (unpaired) electrons. The number of rotatable bonds is 3. The second kappa shape index (κ2) is 11.7. The molecule has 4 nitrogen and oxygen atoms in total. The standard InChI is InChI=1S/C49H31N3O/c1-3-13-33(14-4-1)51-27-28-52(34-15-5-2-6-16-34)46-31-44-43(30-45(46)51)38-25-24-32(35-20-11-21-41-39-19-9-10-23-47(39)53-49(35)41)29-42(38)37-18-8-7-17-36(37)40-22-12-26-50-48(40)44/h1-31H. The van der Waals surface area contributed by atoms with Crippen molar-refractivity contribution in [3.05, 3.63) is 188 Å². The number of benzene rings is 7. The van der Waals surface area contributed by atoms with Gasteiger partial charge in [-0.25, -0.2) is 0 Å². The lowest BCUT2D eigenvalue weighted by atomic mass is 9.93. The van der Waals surface area contributed by atoms with Crippen molar-refractivity contribution in [2.24, 2.45) is 0 Å². The van der Waals surface area contributed by atoms with E-state index in [1.165, 1.54) is 10.8 Å². The number of furan rings is 1. The summed E-state index contributed by atoms with van der Waals surface area (Å²) in [6.07, 6.45) is 6.24. The predicted molar refractivity (Wildman–Crippen MR) is 221 cm³/mol. The van der Waals surface area contributed by atoms with E-state index in [0.717, 1.165) is 87.9 Å². The monoisotopic (exact) mass is 677 g/mol. The smallest absolute Gasteiger partial charge is 0.143 e. The minimum Gasteiger partial charge on any atom is -0.455 e. The van der Waals surface area contributed by atoms with Crippen LogP contribution in [0.5, 0.6) is 0 Å². The van der Waals surface area contributed by atoms with Crippen LogP contribution in [0, 0.1) is 0 Å². The fourth-order valence-corrected chi connectivity index (χ4v) is 8.24. The van der Waals surface area contributed by atoms with Crippen LogP contribution in [0.4, 0.5) is 0 Å². The van der Waals surface area contributed by atoms with Gasteiger partial charge in [-0.05, 0) is 87.1 Å². The Labute approximate surface area is 304 Å². The van der Waals surface area contributed by atoms with E-state index in [-0.39, 0.29) is 0 Å². The van der Waals surface area contributed by atoms with Gasteiger partial charge in [0.2, 0.25) is 0 Å². The molecule has 248 valence electrons. The molecule has 0 atom stereocenters. The number of aromatic nitrogens is 3. The molecule has 0 bridgehead atoms. The van der Waals surface area contributed by atoms with Crippen molar-refractivity contribution in [3.8, 4) is 22.5 Å². The van der Waals surface area contributed by atoms with Gasteiger partial charge in [0.1, 0.15) is 11.2 Å². The van der Waals surface area contributed by atoms with Crippen LogP contribution in [0.3, 0.4) is 0 Å². The van der Waals surface area contributed by atoms with Crippen molar-refractivity contribution in [3.63, 3.8) is 0 Å². The Hall–Kier alpha value is -7.17. The summed E-state index contributed by atoms with van der Waals surface area (Å²) in [6, 6.07) is 60.5. The maximum absolute atomic E-state index is 6.54. The lowest BCUT2D eigenvalue weighted by Gasteiger charge is -2.19. The third kappa shape index (κ3) is 4.59. The summed E-state index contributed by atoms with van der Waals surface area (Å²) in [5.74, 6) is 0. The number of nitrogens with zero attached hydrogens (tertiary/aromatic N) is 3. The zero-order valence-corrected chi connectivity index (χ0v) is 28.6. The third-order valence-corrected chi connectivity index (χ3v) is 10.7. The molecule has 0 aliphatic rings. The van der Waals surface area contributed by atoms with Crippen molar-refractivity contribution in [2.75, 3.05) is 0 Å². The highest BCUT2D eigenvalue weighted by molar-refractivity contribution is 6.26. The lowest BCUT2D eigenvalue weighted by molar-refractivity contribution is 0.670. The Bertz CT molecular complexity index is 3280. The molecule has 0 aliphatic carbocycles. The average Bonchev–Trinajstić information content (AvgIpc) is 3.62. The molecule has 0 fully saturated rings. The summed E-state index contributed by atoms with van der Waals surface area (Å²) in [6.45, 7) is 0. The molecule has 53 heavy (non-hydrogen) atoms. The molecule has 0 saturated heterocycles. The number of hydrogen-bond acceptors (Lipinski definition) is 2. The highest BCUT2D eigenvalue weighted by atomic mass is 16.3. The van der Waals surface area contributed by atoms with Crippen molar-refractivity contribution >= 4 is 76.2 Å². The van der Waals surface area contributed by atoms with Gasteiger partial charge in [0, 0.05) is 57.1 Å². The van der Waals surface area contributed by atoms with Gasteiger partial charge in [-0.15, -0.1) is 0 Å². The molecule has 3 heterocycles. The van der Waals surface area contributed by atoms with Crippen LogP contribution >= 0.6 is 0 Å². The molecular weight excluding hydrogens is 647 g/mol. The third-order valence-electron chi connectivity index (χ3n) is 10.7. The Kier molecular flexibility index (Phi) is 6.52. The van der Waals surface area contributed by atoms with Crippen molar-refractivity contribution in [2.45, 2.75) is 0 Å². The Morgan fingerprint density at radius 2 is 0.962 bits per heavy atom. The van der Waals surface area contributed by atoms with E-state index in [4.69, 9.17) is 9.40 Å². The van der Waals surface area contributed by atoms with Gasteiger partial charge in [-0.3, -0.25) is 4.98 Å². The number of pyridine rings is 1. The van der Waals surface area contributed by atoms with E-state index >= 15 is 0 Å². The van der Waals surface area contributed by atoms with E-state index < -0.39 is 0 Å². The topological polar surface area (TPSA) is 35.9 Å². The van der Waals surface area contributed by atoms with Gasteiger partial charge in [0.15, 0.2) is 0 Å². The fourth-order valence-electron chi connectivity index (χ4n) is 8.24. The quantitative estimate of drug-likeness (QED) is 0.187. The summed E-state index contributed by atoms with van der Waals surface area (Å²) < 4.78 is 11.1. The molecule has 3 aromatic heterocycles. The first-order chi connectivity index (χ1) is 26.3. The van der Waals surface area contributed by atoms with E-state index in [1.807, 2.05) is 24.4 Å². The molecule has 11 rings (SSSR count). The predicted octanol–water partition coefficient (Wildman–Crippen LogP) is 13.1. The van der Waals surface area contributed by atoms with Crippen LogP contribution < -0.4 is 0 Å². The van der Waals surface area contributed by atoms with Crippen molar-refractivity contribution < 1.29 is 4.42 Å². The first-order valence-corrected chi connectivity index (χ1v) is 18.0. The minimum absolute atomic E-state index is 0.899. The maximum atomic E-state index is 6.54. The molecule has 0 N–H and O–H groups in total. The summed E-state index contributed by atoms with van der Waals surface area (Å²) in [5.41, 5.74) is 9.33. The van der Waals surface area contributed by atoms with Crippen LogP contribution in [-0.2, 0) is 0 Å². The van der Waals surface area contributed by atoms with Gasteiger partial charge in [-0.2, -0.15) is 0 Å². The SMILES string of the molecule is c1ccc(-n2ccn(-c3ccccc3)c3cc4c(cc32)c2ccc(-c3cccc5c3oc3ccccc35)cc2c2ccccc2c2cccnc24)cc1. The molecule has 0 saturated carbocycles. The van der Waals surface area contributed by atoms with E-state index in [9.17, 15) is 0 Å². The summed E-state index contributed by atoms with van der Waals surface area (Å²) in [4.78, 5) is 5.12. The summed E-state index contributed by atoms with van der Waals surface area (Å²) in [7, 11) is 0. The van der Waals surface area contributed by atoms with E-state index in [1.54, 1.807) is 0 Å². The Balaban J connectivity index is 1.33. The van der Waals surface area contributed by atoms with Gasteiger partial charge in [-0.1, -0.05) is 115 Å². The average molecular weight is 678 g/mol. The second-order valence-corrected chi connectivity index (χ2v) is 13.6. The highest BCUT2D eigenvalue weighted by Crippen LogP contribution is 2.41. The molecular formula is C49H31N3O. The molecule has 8 aromatic carbocycles. The summed E-state index contributed by atoms with van der Waals surface area (Å²) >= 11 is 0. The second-order valence-electron chi connectivity index (χ2n) is 13.6. The Morgan fingerprint density at radius 1 is 0.396 bits per heavy atom. The van der Waals surface area contributed by atoms with Crippen LogP contribution in [0.25, 0.3) is 98.7 Å². The van der Waals surface area contributed by atoms with Gasteiger partial charge >= 0.3 is 0 Å².